The van der Waals surface area contributed by atoms with Gasteiger partial charge in [0.1, 0.15) is 22.3 Å². The van der Waals surface area contributed by atoms with Crippen LogP contribution in [0.5, 0.6) is 0 Å². The molecule has 2 atom stereocenters. The van der Waals surface area contributed by atoms with Crippen LogP contribution >= 0.6 is 0 Å². The summed E-state index contributed by atoms with van der Waals surface area (Å²) in [5, 5.41) is 12.7. The second kappa shape index (κ2) is 8.32. The Kier molecular flexibility index (Phi) is 5.86. The van der Waals surface area contributed by atoms with E-state index in [0.717, 1.165) is 5.56 Å². The van der Waals surface area contributed by atoms with Crippen molar-refractivity contribution in [3.05, 3.63) is 81.6 Å². The fourth-order valence-electron chi connectivity index (χ4n) is 3.06. The lowest BCUT2D eigenvalue weighted by molar-refractivity contribution is -0.387. The number of carbonyl (C=O) groups is 1. The number of ether oxygens (including phenoxy) is 1. The van der Waals surface area contributed by atoms with Crippen LogP contribution in [0, 0.1) is 10.1 Å². The second-order valence-corrected chi connectivity index (χ2v) is 7.41. The maximum Gasteiger partial charge on any atom is 0.339 e. The maximum atomic E-state index is 12.9. The summed E-state index contributed by atoms with van der Waals surface area (Å²) in [6.45, 7) is 0. The molecule has 0 fully saturated rings. The van der Waals surface area contributed by atoms with Crippen molar-refractivity contribution < 1.29 is 23.5 Å². The number of nitro groups is 1. The standard InChI is InChI=1S/C19H18N2O6S/c1-20-18(13-8-4-3-5-9-13)17(19(22)26-2)15(27-20)12-28(25)16-11-7-6-10-14(16)21(23)24/h3-11,18H,12H2,1-2H3/t18-,28-/m1/s1. The van der Waals surface area contributed by atoms with Crippen molar-refractivity contribution in [2.45, 2.75) is 10.9 Å². The third kappa shape index (κ3) is 3.80. The molecule has 0 amide bonds. The van der Waals surface area contributed by atoms with Crippen molar-refractivity contribution >= 4 is 22.5 Å². The molecule has 0 radical (unpaired) electrons. The molecule has 1 aliphatic rings. The summed E-state index contributed by atoms with van der Waals surface area (Å²) in [7, 11) is 1.12. The van der Waals surface area contributed by atoms with Crippen LogP contribution in [0.15, 0.2) is 70.8 Å². The average molecular weight is 402 g/mol. The van der Waals surface area contributed by atoms with Gasteiger partial charge in [-0.25, -0.2) is 4.79 Å². The van der Waals surface area contributed by atoms with Crippen LogP contribution < -0.4 is 0 Å². The molecule has 0 saturated heterocycles. The summed E-state index contributed by atoms with van der Waals surface area (Å²) >= 11 is 0. The normalized spacial score (nSPS) is 17.9. The molecule has 0 unspecified atom stereocenters. The number of para-hydroxylation sites is 1. The Hall–Kier alpha value is -3.04. The van der Waals surface area contributed by atoms with Crippen LogP contribution in [0.4, 0.5) is 5.69 Å². The zero-order chi connectivity index (χ0) is 20.3. The number of hydrogen-bond acceptors (Lipinski definition) is 7. The van der Waals surface area contributed by atoms with Gasteiger partial charge in [-0.2, -0.15) is 0 Å². The number of rotatable bonds is 6. The molecule has 0 bridgehead atoms. The number of carbonyl (C=O) groups excluding carboxylic acids is 1. The molecule has 3 rings (SSSR count). The van der Waals surface area contributed by atoms with Crippen LogP contribution in [-0.2, 0) is 25.2 Å². The van der Waals surface area contributed by atoms with E-state index in [1.54, 1.807) is 13.1 Å². The molecule has 146 valence electrons. The first-order chi connectivity index (χ1) is 13.4. The van der Waals surface area contributed by atoms with Crippen LogP contribution in [0.25, 0.3) is 0 Å². The summed E-state index contributed by atoms with van der Waals surface area (Å²) < 4.78 is 17.8. The highest BCUT2D eigenvalue weighted by Crippen LogP contribution is 2.38. The predicted octanol–water partition coefficient (Wildman–Crippen LogP) is 2.75. The highest BCUT2D eigenvalue weighted by molar-refractivity contribution is 7.85. The van der Waals surface area contributed by atoms with Crippen molar-refractivity contribution in [3.8, 4) is 0 Å². The second-order valence-electron chi connectivity index (χ2n) is 5.99. The van der Waals surface area contributed by atoms with Gasteiger partial charge in [-0.15, -0.1) is 5.06 Å². The van der Waals surface area contributed by atoms with Crippen molar-refractivity contribution in [1.82, 2.24) is 5.06 Å². The number of nitro benzene ring substituents is 1. The van der Waals surface area contributed by atoms with Gasteiger partial charge in [0, 0.05) is 13.1 Å². The molecule has 0 saturated carbocycles. The molecule has 28 heavy (non-hydrogen) atoms. The highest BCUT2D eigenvalue weighted by Gasteiger charge is 2.39. The largest absolute Gasteiger partial charge is 0.466 e. The van der Waals surface area contributed by atoms with Gasteiger partial charge in [-0.05, 0) is 11.6 Å². The van der Waals surface area contributed by atoms with Gasteiger partial charge in [0.2, 0.25) is 0 Å². The molecule has 0 N–H and O–H groups in total. The first kappa shape index (κ1) is 19.7. The van der Waals surface area contributed by atoms with Crippen molar-refractivity contribution in [2.75, 3.05) is 19.9 Å². The smallest absolute Gasteiger partial charge is 0.339 e. The fourth-order valence-corrected chi connectivity index (χ4v) is 4.27. The van der Waals surface area contributed by atoms with Gasteiger partial charge in [0.15, 0.2) is 0 Å². The third-order valence-corrected chi connectivity index (χ3v) is 5.64. The molecule has 2 aromatic rings. The summed E-state index contributed by atoms with van der Waals surface area (Å²) in [5.41, 5.74) is 0.784. The molecule has 0 aromatic heterocycles. The Labute approximate surface area is 163 Å². The molecular formula is C19H18N2O6S. The SMILES string of the molecule is COC(=O)C1=C(C[S@@](=O)c2ccccc2[N+](=O)[O-])ON(C)[C@@H]1c1ccccc1. The zero-order valence-corrected chi connectivity index (χ0v) is 16.0. The molecule has 8 nitrogen and oxygen atoms in total. The Morgan fingerprint density at radius 1 is 1.21 bits per heavy atom. The van der Waals surface area contributed by atoms with E-state index >= 15 is 0 Å². The summed E-state index contributed by atoms with van der Waals surface area (Å²) in [5.74, 6) is -0.629. The van der Waals surface area contributed by atoms with Gasteiger partial charge in [0.05, 0.1) is 28.6 Å². The Morgan fingerprint density at radius 3 is 2.50 bits per heavy atom. The average Bonchev–Trinajstić information content (AvgIpc) is 3.03. The van der Waals surface area contributed by atoms with Crippen LogP contribution in [0.3, 0.4) is 0 Å². The lowest BCUT2D eigenvalue weighted by Crippen LogP contribution is -2.22. The van der Waals surface area contributed by atoms with E-state index in [0.29, 0.717) is 0 Å². The summed E-state index contributed by atoms with van der Waals surface area (Å²) in [4.78, 5) is 28.9. The molecule has 0 spiro atoms. The number of methoxy groups -OCH3 is 1. The first-order valence-electron chi connectivity index (χ1n) is 8.33. The minimum absolute atomic E-state index is 0.0682. The Morgan fingerprint density at radius 2 is 1.86 bits per heavy atom. The predicted molar refractivity (Wildman–Crippen MR) is 101 cm³/mol. The van der Waals surface area contributed by atoms with E-state index in [2.05, 4.69) is 0 Å². The lowest BCUT2D eigenvalue weighted by Gasteiger charge is -2.19. The van der Waals surface area contributed by atoms with Crippen LogP contribution in [0.1, 0.15) is 11.6 Å². The number of hydroxylamine groups is 2. The van der Waals surface area contributed by atoms with Crippen LogP contribution in [0.2, 0.25) is 0 Å². The number of esters is 1. The maximum absolute atomic E-state index is 12.9. The number of benzene rings is 2. The van der Waals surface area contributed by atoms with Gasteiger partial charge in [0.25, 0.3) is 5.69 Å². The minimum Gasteiger partial charge on any atom is -0.466 e. The van der Waals surface area contributed by atoms with Crippen molar-refractivity contribution in [1.29, 1.82) is 0 Å². The monoisotopic (exact) mass is 402 g/mol. The summed E-state index contributed by atoms with van der Waals surface area (Å²) in [6.07, 6.45) is 0. The molecule has 0 aliphatic carbocycles. The first-order valence-corrected chi connectivity index (χ1v) is 9.64. The Balaban J connectivity index is 2.00. The molecule has 1 aliphatic heterocycles. The zero-order valence-electron chi connectivity index (χ0n) is 15.2. The number of nitrogens with zero attached hydrogens (tertiary/aromatic N) is 2. The van der Waals surface area contributed by atoms with Crippen molar-refractivity contribution in [3.63, 3.8) is 0 Å². The molecule has 9 heteroatoms. The molecule has 2 aromatic carbocycles. The van der Waals surface area contributed by atoms with Gasteiger partial charge >= 0.3 is 5.97 Å². The quantitative estimate of drug-likeness (QED) is 0.416. The highest BCUT2D eigenvalue weighted by atomic mass is 32.2. The summed E-state index contributed by atoms with van der Waals surface area (Å²) in [6, 6.07) is 14.5. The Bertz CT molecular complexity index is 960. The third-order valence-electron chi connectivity index (χ3n) is 4.28. The van der Waals surface area contributed by atoms with E-state index in [4.69, 9.17) is 9.57 Å². The van der Waals surface area contributed by atoms with E-state index in [1.807, 2.05) is 30.3 Å². The number of likely N-dealkylation sites (N-methyl/N-ethyl adjacent to an activating group) is 1. The topological polar surface area (TPSA) is 99.0 Å². The minimum atomic E-state index is -1.79. The van der Waals surface area contributed by atoms with Gasteiger partial charge in [-0.1, -0.05) is 42.5 Å². The lowest BCUT2D eigenvalue weighted by atomic mass is 9.98. The molecular weight excluding hydrogens is 384 g/mol. The van der Waals surface area contributed by atoms with Gasteiger partial charge < -0.3 is 9.57 Å². The van der Waals surface area contributed by atoms with Crippen LogP contribution in [-0.4, -0.2) is 40.1 Å². The van der Waals surface area contributed by atoms with E-state index in [1.165, 1.54) is 30.4 Å². The number of hydrogen-bond donors (Lipinski definition) is 0. The van der Waals surface area contributed by atoms with E-state index in [-0.39, 0.29) is 27.7 Å². The fraction of sp³-hybridized carbons (Fsp3) is 0.211. The molecule has 1 heterocycles. The van der Waals surface area contributed by atoms with E-state index < -0.39 is 27.7 Å². The van der Waals surface area contributed by atoms with Crippen molar-refractivity contribution in [2.24, 2.45) is 0 Å². The van der Waals surface area contributed by atoms with E-state index in [9.17, 15) is 19.1 Å². The van der Waals surface area contributed by atoms with Gasteiger partial charge in [-0.3, -0.25) is 14.3 Å².